The van der Waals surface area contributed by atoms with Crippen LogP contribution in [0.4, 0.5) is 0 Å². The molecule has 1 saturated carbocycles. The number of amides is 1. The summed E-state index contributed by atoms with van der Waals surface area (Å²) in [6.07, 6.45) is 5.86. The number of nitrogens with zero attached hydrogens (tertiary/aromatic N) is 2. The second-order valence-electron chi connectivity index (χ2n) is 7.03. The maximum absolute atomic E-state index is 12.5. The number of carbonyl (C=O) groups excluding carboxylic acids is 2. The summed E-state index contributed by atoms with van der Waals surface area (Å²) >= 11 is 0. The predicted molar refractivity (Wildman–Crippen MR) is 103 cm³/mol. The predicted octanol–water partition coefficient (Wildman–Crippen LogP) is 1.24. The number of aliphatic hydroxyl groups excluding tert-OH is 1. The largest absolute Gasteiger partial charge is 0.451 e. The molecule has 1 fully saturated rings. The fraction of sp³-hybridized carbons (Fsp3) is 0.500. The molecule has 2 N–H and O–H groups in total. The number of ether oxygens (including phenoxy) is 1. The zero-order valence-corrected chi connectivity index (χ0v) is 15.7. The maximum Gasteiger partial charge on any atom is 0.359 e. The molecule has 1 aliphatic rings. The Hall–Kier alpha value is -2.74. The Bertz CT molecular complexity index is 902. The van der Waals surface area contributed by atoms with Gasteiger partial charge in [0.25, 0.3) is 11.5 Å². The summed E-state index contributed by atoms with van der Waals surface area (Å²) in [5.74, 6) is -0.649. The van der Waals surface area contributed by atoms with Crippen molar-refractivity contribution in [3.63, 3.8) is 0 Å². The van der Waals surface area contributed by atoms with E-state index in [9.17, 15) is 14.4 Å². The number of benzene rings is 1. The van der Waals surface area contributed by atoms with Crippen LogP contribution in [0.2, 0.25) is 0 Å². The standard InChI is InChI=1S/C20H25N3O5/c24-11-10-23-19(26)16-9-5-4-8-15(16)18(22-23)20(27)28-13-17(25)21-12-14-6-2-1-3-7-14/h4-5,8-9,14,24H,1-3,6-7,10-13H2,(H,21,25). The highest BCUT2D eigenvalue weighted by atomic mass is 16.5. The number of fused-ring (bicyclic) bond motifs is 1. The fourth-order valence-electron chi connectivity index (χ4n) is 3.53. The van der Waals surface area contributed by atoms with E-state index in [1.165, 1.54) is 19.3 Å². The molecule has 0 saturated heterocycles. The topological polar surface area (TPSA) is 111 Å². The molecule has 1 aromatic carbocycles. The summed E-state index contributed by atoms with van der Waals surface area (Å²) in [5, 5.41) is 16.6. The van der Waals surface area contributed by atoms with Crippen LogP contribution >= 0.6 is 0 Å². The lowest BCUT2D eigenvalue weighted by Gasteiger charge is -2.21. The summed E-state index contributed by atoms with van der Waals surface area (Å²) in [5.41, 5.74) is -0.449. The fourth-order valence-corrected chi connectivity index (χ4v) is 3.53. The summed E-state index contributed by atoms with van der Waals surface area (Å²) < 4.78 is 6.15. The molecule has 0 atom stereocenters. The molecule has 0 radical (unpaired) electrons. The number of nitrogens with one attached hydrogen (secondary N) is 1. The molecule has 8 heteroatoms. The number of aromatic nitrogens is 2. The molecule has 1 aromatic heterocycles. The van der Waals surface area contributed by atoms with Crippen LogP contribution in [0, 0.1) is 5.92 Å². The van der Waals surface area contributed by atoms with Crippen LogP contribution in [0.5, 0.6) is 0 Å². The van der Waals surface area contributed by atoms with Gasteiger partial charge in [0.15, 0.2) is 12.3 Å². The highest BCUT2D eigenvalue weighted by Crippen LogP contribution is 2.22. The van der Waals surface area contributed by atoms with E-state index in [0.717, 1.165) is 17.5 Å². The second kappa shape index (κ2) is 9.45. The third-order valence-electron chi connectivity index (χ3n) is 5.02. The molecule has 2 aromatic rings. The molecule has 8 nitrogen and oxygen atoms in total. The molecular weight excluding hydrogens is 362 g/mol. The van der Waals surface area contributed by atoms with Gasteiger partial charge in [0.2, 0.25) is 0 Å². The van der Waals surface area contributed by atoms with E-state index in [2.05, 4.69) is 10.4 Å². The Morgan fingerprint density at radius 3 is 2.61 bits per heavy atom. The van der Waals surface area contributed by atoms with E-state index >= 15 is 0 Å². The van der Waals surface area contributed by atoms with Gasteiger partial charge in [-0.05, 0) is 24.8 Å². The van der Waals surface area contributed by atoms with Gasteiger partial charge in [0.05, 0.1) is 18.5 Å². The van der Waals surface area contributed by atoms with Gasteiger partial charge in [-0.3, -0.25) is 9.59 Å². The Morgan fingerprint density at radius 1 is 1.18 bits per heavy atom. The molecule has 28 heavy (non-hydrogen) atoms. The maximum atomic E-state index is 12.5. The number of aliphatic hydroxyl groups is 1. The van der Waals surface area contributed by atoms with Gasteiger partial charge >= 0.3 is 5.97 Å². The van der Waals surface area contributed by atoms with Gasteiger partial charge in [-0.15, -0.1) is 0 Å². The van der Waals surface area contributed by atoms with E-state index in [4.69, 9.17) is 9.84 Å². The monoisotopic (exact) mass is 387 g/mol. The first-order chi connectivity index (χ1) is 13.6. The van der Waals surface area contributed by atoms with Gasteiger partial charge in [-0.25, -0.2) is 9.48 Å². The van der Waals surface area contributed by atoms with Crippen molar-refractivity contribution in [3.8, 4) is 0 Å². The average Bonchev–Trinajstić information content (AvgIpc) is 2.73. The quantitative estimate of drug-likeness (QED) is 0.692. The molecule has 1 heterocycles. The molecule has 1 aliphatic carbocycles. The normalized spacial score (nSPS) is 14.8. The van der Waals surface area contributed by atoms with Crippen LogP contribution < -0.4 is 10.9 Å². The van der Waals surface area contributed by atoms with Gasteiger partial charge in [-0.1, -0.05) is 37.5 Å². The summed E-state index contributed by atoms with van der Waals surface area (Å²) in [6.45, 7) is -0.130. The Morgan fingerprint density at radius 2 is 1.89 bits per heavy atom. The minimum absolute atomic E-state index is 0.0359. The molecule has 0 aliphatic heterocycles. The number of esters is 1. The van der Waals surface area contributed by atoms with Gasteiger partial charge in [0, 0.05) is 11.9 Å². The van der Waals surface area contributed by atoms with E-state index < -0.39 is 18.1 Å². The Balaban J connectivity index is 1.66. The first kappa shape index (κ1) is 20.0. The van der Waals surface area contributed by atoms with Crippen molar-refractivity contribution in [2.45, 2.75) is 38.6 Å². The van der Waals surface area contributed by atoms with Crippen LogP contribution in [0.3, 0.4) is 0 Å². The highest BCUT2D eigenvalue weighted by Gasteiger charge is 2.19. The molecule has 3 rings (SSSR count). The number of carbonyl (C=O) groups is 2. The van der Waals surface area contributed by atoms with Gasteiger partial charge in [-0.2, -0.15) is 5.10 Å². The zero-order valence-electron chi connectivity index (χ0n) is 15.7. The molecular formula is C20H25N3O5. The lowest BCUT2D eigenvalue weighted by atomic mass is 9.89. The van der Waals surface area contributed by atoms with E-state index in [1.807, 2.05) is 0 Å². The van der Waals surface area contributed by atoms with Crippen LogP contribution in [-0.4, -0.2) is 46.5 Å². The van der Waals surface area contributed by atoms with Crippen molar-refractivity contribution < 1.29 is 19.4 Å². The summed E-state index contributed by atoms with van der Waals surface area (Å²) in [6, 6.07) is 6.56. The smallest absolute Gasteiger partial charge is 0.359 e. The van der Waals surface area contributed by atoms with Crippen LogP contribution in [0.1, 0.15) is 42.6 Å². The first-order valence-corrected chi connectivity index (χ1v) is 9.64. The Labute approximate surface area is 162 Å². The number of hydrogen-bond acceptors (Lipinski definition) is 6. The van der Waals surface area contributed by atoms with E-state index in [1.54, 1.807) is 24.3 Å². The van der Waals surface area contributed by atoms with Crippen molar-refractivity contribution in [2.75, 3.05) is 19.8 Å². The zero-order chi connectivity index (χ0) is 19.9. The molecule has 0 unspecified atom stereocenters. The van der Waals surface area contributed by atoms with Crippen molar-refractivity contribution >= 4 is 22.6 Å². The second-order valence-corrected chi connectivity index (χ2v) is 7.03. The SMILES string of the molecule is O=C(COC(=O)c1nn(CCO)c(=O)c2ccccc12)NCC1CCCCC1. The van der Waals surface area contributed by atoms with Crippen LogP contribution in [0.15, 0.2) is 29.1 Å². The number of hydrogen-bond donors (Lipinski definition) is 2. The summed E-state index contributed by atoms with van der Waals surface area (Å²) in [4.78, 5) is 36.9. The molecule has 0 spiro atoms. The van der Waals surface area contributed by atoms with Crippen molar-refractivity contribution in [1.29, 1.82) is 0 Å². The Kier molecular flexibility index (Phi) is 6.76. The van der Waals surface area contributed by atoms with Crippen molar-refractivity contribution in [2.24, 2.45) is 5.92 Å². The highest BCUT2D eigenvalue weighted by molar-refractivity contribution is 6.02. The lowest BCUT2D eigenvalue weighted by Crippen LogP contribution is -2.34. The lowest BCUT2D eigenvalue weighted by molar-refractivity contribution is -0.124. The molecule has 0 bridgehead atoms. The minimum Gasteiger partial charge on any atom is -0.451 e. The van der Waals surface area contributed by atoms with E-state index in [-0.39, 0.29) is 24.8 Å². The van der Waals surface area contributed by atoms with Crippen molar-refractivity contribution in [1.82, 2.24) is 15.1 Å². The van der Waals surface area contributed by atoms with E-state index in [0.29, 0.717) is 23.2 Å². The minimum atomic E-state index is -0.782. The molecule has 1 amide bonds. The van der Waals surface area contributed by atoms with Crippen molar-refractivity contribution in [3.05, 3.63) is 40.3 Å². The van der Waals surface area contributed by atoms with Crippen LogP contribution in [0.25, 0.3) is 10.8 Å². The first-order valence-electron chi connectivity index (χ1n) is 9.64. The van der Waals surface area contributed by atoms with Gasteiger partial charge < -0.3 is 15.2 Å². The number of rotatable bonds is 7. The summed E-state index contributed by atoms with van der Waals surface area (Å²) in [7, 11) is 0. The average molecular weight is 387 g/mol. The molecule has 150 valence electrons. The van der Waals surface area contributed by atoms with Crippen LogP contribution in [-0.2, 0) is 16.1 Å². The third kappa shape index (κ3) is 4.75. The third-order valence-corrected chi connectivity index (χ3v) is 5.02. The van der Waals surface area contributed by atoms with Gasteiger partial charge in [0.1, 0.15) is 0 Å².